The van der Waals surface area contributed by atoms with Crippen molar-refractivity contribution in [1.82, 2.24) is 10.1 Å². The van der Waals surface area contributed by atoms with E-state index < -0.39 is 0 Å². The molecule has 0 bridgehead atoms. The van der Waals surface area contributed by atoms with Gasteiger partial charge in [-0.25, -0.2) is 0 Å². The number of aromatic nitrogens is 2. The zero-order valence-electron chi connectivity index (χ0n) is 9.60. The summed E-state index contributed by atoms with van der Waals surface area (Å²) in [5.41, 5.74) is 8.01. The molecule has 1 aliphatic rings. The van der Waals surface area contributed by atoms with Gasteiger partial charge in [-0.05, 0) is 24.0 Å². The molecular formula is C13H15N3O. The lowest BCUT2D eigenvalue weighted by Gasteiger charge is -2.03. The molecule has 0 saturated heterocycles. The maximum absolute atomic E-state index is 5.70. The summed E-state index contributed by atoms with van der Waals surface area (Å²) in [5, 5.41) is 4.01. The van der Waals surface area contributed by atoms with E-state index in [2.05, 4.69) is 16.2 Å². The Balaban J connectivity index is 1.80. The van der Waals surface area contributed by atoms with Crippen LogP contribution in [-0.2, 0) is 13.0 Å². The number of rotatable bonds is 4. The van der Waals surface area contributed by atoms with Gasteiger partial charge in [0.2, 0.25) is 5.89 Å². The molecule has 0 atom stereocenters. The quantitative estimate of drug-likeness (QED) is 0.870. The van der Waals surface area contributed by atoms with Gasteiger partial charge in [0.05, 0.1) is 6.42 Å². The van der Waals surface area contributed by atoms with E-state index in [1.54, 1.807) is 0 Å². The molecule has 4 nitrogen and oxygen atoms in total. The van der Waals surface area contributed by atoms with Crippen molar-refractivity contribution in [2.45, 2.75) is 31.7 Å². The summed E-state index contributed by atoms with van der Waals surface area (Å²) in [5.74, 6) is 2.09. The van der Waals surface area contributed by atoms with Gasteiger partial charge in [0, 0.05) is 12.5 Å². The second-order valence-corrected chi connectivity index (χ2v) is 4.47. The van der Waals surface area contributed by atoms with Crippen LogP contribution in [0.15, 0.2) is 28.8 Å². The summed E-state index contributed by atoms with van der Waals surface area (Å²) in [6, 6.07) is 8.10. The highest BCUT2D eigenvalue weighted by Crippen LogP contribution is 2.38. The molecule has 1 aromatic heterocycles. The average Bonchev–Trinajstić information content (AvgIpc) is 3.11. The van der Waals surface area contributed by atoms with Crippen LogP contribution in [0.3, 0.4) is 0 Å². The van der Waals surface area contributed by atoms with Gasteiger partial charge in [0.1, 0.15) is 0 Å². The Morgan fingerprint density at radius 1 is 1.24 bits per heavy atom. The first-order valence-electron chi connectivity index (χ1n) is 5.96. The first-order valence-corrected chi connectivity index (χ1v) is 5.96. The molecule has 0 unspecified atom stereocenters. The summed E-state index contributed by atoms with van der Waals surface area (Å²) in [6.07, 6.45) is 3.06. The van der Waals surface area contributed by atoms with Gasteiger partial charge in [-0.15, -0.1) is 0 Å². The van der Waals surface area contributed by atoms with Crippen molar-refractivity contribution in [1.29, 1.82) is 0 Å². The number of benzene rings is 1. The van der Waals surface area contributed by atoms with Crippen molar-refractivity contribution in [3.63, 3.8) is 0 Å². The molecule has 1 fully saturated rings. The third kappa shape index (κ3) is 2.22. The van der Waals surface area contributed by atoms with Gasteiger partial charge >= 0.3 is 0 Å². The van der Waals surface area contributed by atoms with Gasteiger partial charge in [-0.1, -0.05) is 29.4 Å². The second-order valence-electron chi connectivity index (χ2n) is 4.47. The Hall–Kier alpha value is -1.68. The standard InChI is InChI=1S/C13H15N3O/c14-8-11-4-2-1-3-10(11)7-12-15-13(16-17-12)9-5-6-9/h1-4,9H,5-8,14H2. The minimum atomic E-state index is 0.539. The Labute approximate surface area is 99.8 Å². The number of hydrogen-bond acceptors (Lipinski definition) is 4. The molecule has 0 amide bonds. The van der Waals surface area contributed by atoms with Crippen molar-refractivity contribution in [2.24, 2.45) is 5.73 Å². The number of nitrogens with zero attached hydrogens (tertiary/aromatic N) is 2. The fraction of sp³-hybridized carbons (Fsp3) is 0.385. The van der Waals surface area contributed by atoms with E-state index in [1.165, 1.54) is 18.4 Å². The Kier molecular flexibility index (Phi) is 2.65. The van der Waals surface area contributed by atoms with Crippen molar-refractivity contribution in [3.8, 4) is 0 Å². The maximum Gasteiger partial charge on any atom is 0.231 e. The third-order valence-electron chi connectivity index (χ3n) is 3.11. The SMILES string of the molecule is NCc1ccccc1Cc1nc(C2CC2)no1. The smallest absolute Gasteiger partial charge is 0.231 e. The first-order chi connectivity index (χ1) is 8.36. The summed E-state index contributed by atoms with van der Waals surface area (Å²) in [7, 11) is 0. The summed E-state index contributed by atoms with van der Waals surface area (Å²) < 4.78 is 5.27. The molecule has 17 heavy (non-hydrogen) atoms. The van der Waals surface area contributed by atoms with Gasteiger partial charge in [-0.2, -0.15) is 4.98 Å². The molecular weight excluding hydrogens is 214 g/mol. The van der Waals surface area contributed by atoms with E-state index in [1.807, 2.05) is 18.2 Å². The van der Waals surface area contributed by atoms with Crippen LogP contribution < -0.4 is 5.73 Å². The molecule has 88 valence electrons. The van der Waals surface area contributed by atoms with E-state index in [9.17, 15) is 0 Å². The zero-order valence-corrected chi connectivity index (χ0v) is 9.60. The van der Waals surface area contributed by atoms with E-state index in [0.29, 0.717) is 24.8 Å². The van der Waals surface area contributed by atoms with Gasteiger partial charge < -0.3 is 10.3 Å². The molecule has 4 heteroatoms. The summed E-state index contributed by atoms with van der Waals surface area (Å²) in [6.45, 7) is 0.541. The van der Waals surface area contributed by atoms with Crippen LogP contribution in [0, 0.1) is 0 Å². The zero-order chi connectivity index (χ0) is 11.7. The van der Waals surface area contributed by atoms with E-state index in [4.69, 9.17) is 10.3 Å². The van der Waals surface area contributed by atoms with Crippen LogP contribution in [-0.4, -0.2) is 10.1 Å². The summed E-state index contributed by atoms with van der Waals surface area (Å²) in [4.78, 5) is 4.42. The second kappa shape index (κ2) is 4.30. The van der Waals surface area contributed by atoms with E-state index in [0.717, 1.165) is 11.4 Å². The Bertz CT molecular complexity index is 517. The van der Waals surface area contributed by atoms with Crippen LogP contribution in [0.2, 0.25) is 0 Å². The van der Waals surface area contributed by atoms with Crippen molar-refractivity contribution in [3.05, 3.63) is 47.1 Å². The molecule has 1 saturated carbocycles. The molecule has 2 N–H and O–H groups in total. The molecule has 1 aliphatic carbocycles. The first kappa shape index (κ1) is 10.5. The fourth-order valence-corrected chi connectivity index (χ4v) is 1.94. The highest BCUT2D eigenvalue weighted by atomic mass is 16.5. The van der Waals surface area contributed by atoms with Crippen molar-refractivity contribution < 1.29 is 4.52 Å². The normalized spacial score (nSPS) is 15.1. The maximum atomic E-state index is 5.70. The van der Waals surface area contributed by atoms with Gasteiger partial charge in [-0.3, -0.25) is 0 Å². The minimum absolute atomic E-state index is 0.539. The summed E-state index contributed by atoms with van der Waals surface area (Å²) >= 11 is 0. The van der Waals surface area contributed by atoms with Crippen molar-refractivity contribution in [2.75, 3.05) is 0 Å². The van der Waals surface area contributed by atoms with E-state index >= 15 is 0 Å². The monoisotopic (exact) mass is 229 g/mol. The van der Waals surface area contributed by atoms with Crippen LogP contribution in [0.5, 0.6) is 0 Å². The number of nitrogens with two attached hydrogens (primary N) is 1. The molecule has 1 heterocycles. The highest BCUT2D eigenvalue weighted by Gasteiger charge is 2.28. The average molecular weight is 229 g/mol. The predicted molar refractivity (Wildman–Crippen MR) is 63.4 cm³/mol. The van der Waals surface area contributed by atoms with Gasteiger partial charge in [0.25, 0.3) is 0 Å². The lowest BCUT2D eigenvalue weighted by molar-refractivity contribution is 0.379. The minimum Gasteiger partial charge on any atom is -0.339 e. The van der Waals surface area contributed by atoms with Crippen LogP contribution in [0.25, 0.3) is 0 Å². The van der Waals surface area contributed by atoms with Gasteiger partial charge in [0.15, 0.2) is 5.82 Å². The third-order valence-corrected chi connectivity index (χ3v) is 3.11. The lowest BCUT2D eigenvalue weighted by atomic mass is 10.0. The van der Waals surface area contributed by atoms with Crippen LogP contribution in [0.1, 0.15) is 41.6 Å². The fourth-order valence-electron chi connectivity index (χ4n) is 1.94. The Morgan fingerprint density at radius 2 is 2.00 bits per heavy atom. The molecule has 0 radical (unpaired) electrons. The highest BCUT2D eigenvalue weighted by molar-refractivity contribution is 5.29. The topological polar surface area (TPSA) is 64.9 Å². The Morgan fingerprint density at radius 3 is 2.71 bits per heavy atom. The lowest BCUT2D eigenvalue weighted by Crippen LogP contribution is -2.02. The molecule has 1 aromatic carbocycles. The van der Waals surface area contributed by atoms with Crippen molar-refractivity contribution >= 4 is 0 Å². The van der Waals surface area contributed by atoms with Crippen LogP contribution >= 0.6 is 0 Å². The van der Waals surface area contributed by atoms with Crippen LogP contribution in [0.4, 0.5) is 0 Å². The largest absolute Gasteiger partial charge is 0.339 e. The molecule has 2 aromatic rings. The molecule has 3 rings (SSSR count). The van der Waals surface area contributed by atoms with E-state index in [-0.39, 0.29) is 0 Å². The number of hydrogen-bond donors (Lipinski definition) is 1. The molecule has 0 aliphatic heterocycles. The predicted octanol–water partition coefficient (Wildman–Crippen LogP) is 2.00. The molecule has 0 spiro atoms.